The third-order valence-corrected chi connectivity index (χ3v) is 3.53. The van der Waals surface area contributed by atoms with Gasteiger partial charge in [-0.1, -0.05) is 17.8 Å². The van der Waals surface area contributed by atoms with Gasteiger partial charge in [-0.05, 0) is 19.1 Å². The predicted molar refractivity (Wildman–Crippen MR) is 76.3 cm³/mol. The van der Waals surface area contributed by atoms with Crippen LogP contribution in [-0.4, -0.2) is 40.9 Å². The fourth-order valence-electron chi connectivity index (χ4n) is 1.67. The highest BCUT2D eigenvalue weighted by Crippen LogP contribution is 2.36. The van der Waals surface area contributed by atoms with Crippen molar-refractivity contribution in [3.63, 3.8) is 0 Å². The van der Waals surface area contributed by atoms with Crippen LogP contribution in [0.15, 0.2) is 23.4 Å². The molecule has 106 valence electrons. The van der Waals surface area contributed by atoms with Crippen molar-refractivity contribution >= 4 is 17.5 Å². The second kappa shape index (κ2) is 6.42. The Morgan fingerprint density at radius 1 is 1.30 bits per heavy atom. The molecule has 0 aliphatic rings. The molecule has 6 nitrogen and oxygen atoms in total. The van der Waals surface area contributed by atoms with E-state index in [1.54, 1.807) is 14.2 Å². The van der Waals surface area contributed by atoms with E-state index in [0.29, 0.717) is 33.8 Å². The van der Waals surface area contributed by atoms with Gasteiger partial charge in [0.2, 0.25) is 5.16 Å². The minimum atomic E-state index is 0.0798. The number of methoxy groups -OCH3 is 2. The maximum atomic E-state index is 11.0. The molecule has 0 aliphatic carbocycles. The largest absolute Gasteiger partial charge is 0.496 e. The molecular formula is C13H15N3O3S. The number of rotatable bonds is 6. The molecule has 0 fully saturated rings. The Labute approximate surface area is 120 Å². The number of ether oxygens (including phenoxy) is 2. The first-order valence-electron chi connectivity index (χ1n) is 5.91. The van der Waals surface area contributed by atoms with Crippen molar-refractivity contribution in [1.29, 1.82) is 0 Å². The Morgan fingerprint density at radius 3 is 2.50 bits per heavy atom. The topological polar surface area (TPSA) is 77.1 Å². The molecule has 20 heavy (non-hydrogen) atoms. The second-order valence-corrected chi connectivity index (χ2v) is 4.94. The van der Waals surface area contributed by atoms with Crippen molar-refractivity contribution in [2.24, 2.45) is 0 Å². The number of Topliss-reactive ketones (excluding diaryl/α,β-unsaturated/α-hetero) is 1. The Kier molecular flexibility index (Phi) is 4.62. The molecule has 2 aromatic rings. The molecule has 0 bridgehead atoms. The van der Waals surface area contributed by atoms with Crippen LogP contribution < -0.4 is 9.47 Å². The first kappa shape index (κ1) is 14.4. The molecule has 0 atom stereocenters. The standard InChI is InChI=1S/C13H15N3O3S/c1-8(17)7-20-13-14-12(15-16-13)11-9(18-2)5-4-6-10(11)19-3/h4-6H,7H2,1-3H3,(H,14,15,16). The molecular weight excluding hydrogens is 278 g/mol. The fraction of sp³-hybridized carbons (Fsp3) is 0.308. The SMILES string of the molecule is COc1cccc(OC)c1-c1nc(SCC(C)=O)n[nH]1. The quantitative estimate of drug-likeness (QED) is 0.822. The predicted octanol–water partition coefficient (Wildman–Crippen LogP) is 2.17. The van der Waals surface area contributed by atoms with Gasteiger partial charge in [0.05, 0.1) is 20.0 Å². The third-order valence-electron chi connectivity index (χ3n) is 2.53. The van der Waals surface area contributed by atoms with Crippen molar-refractivity contribution in [2.75, 3.05) is 20.0 Å². The number of hydrogen-bond acceptors (Lipinski definition) is 6. The van der Waals surface area contributed by atoms with Crippen molar-refractivity contribution in [2.45, 2.75) is 12.1 Å². The minimum Gasteiger partial charge on any atom is -0.496 e. The lowest BCUT2D eigenvalue weighted by Gasteiger charge is -2.10. The van der Waals surface area contributed by atoms with Crippen molar-refractivity contribution in [1.82, 2.24) is 15.2 Å². The van der Waals surface area contributed by atoms with Crippen LogP contribution >= 0.6 is 11.8 Å². The monoisotopic (exact) mass is 293 g/mol. The minimum absolute atomic E-state index is 0.0798. The number of aromatic nitrogens is 3. The number of nitrogens with one attached hydrogen (secondary N) is 1. The van der Waals surface area contributed by atoms with Crippen LogP contribution in [0.4, 0.5) is 0 Å². The molecule has 0 aliphatic heterocycles. The average molecular weight is 293 g/mol. The van der Waals surface area contributed by atoms with Crippen LogP contribution in [0.5, 0.6) is 11.5 Å². The smallest absolute Gasteiger partial charge is 0.209 e. The normalized spacial score (nSPS) is 10.3. The lowest BCUT2D eigenvalue weighted by Crippen LogP contribution is -1.94. The number of hydrogen-bond donors (Lipinski definition) is 1. The van der Waals surface area contributed by atoms with Crippen LogP contribution in [0.3, 0.4) is 0 Å². The molecule has 1 aromatic carbocycles. The Hall–Kier alpha value is -2.02. The lowest BCUT2D eigenvalue weighted by atomic mass is 10.1. The van der Waals surface area contributed by atoms with E-state index >= 15 is 0 Å². The number of thioether (sulfide) groups is 1. The van der Waals surface area contributed by atoms with Gasteiger partial charge in [0, 0.05) is 0 Å². The van der Waals surface area contributed by atoms with Crippen LogP contribution in [0.25, 0.3) is 11.4 Å². The summed E-state index contributed by atoms with van der Waals surface area (Å²) in [6.45, 7) is 1.53. The summed E-state index contributed by atoms with van der Waals surface area (Å²) in [5.74, 6) is 2.26. The van der Waals surface area contributed by atoms with Gasteiger partial charge in [0.1, 0.15) is 22.8 Å². The Bertz CT molecular complexity index is 590. The number of benzene rings is 1. The number of aromatic amines is 1. The highest BCUT2D eigenvalue weighted by molar-refractivity contribution is 7.99. The van der Waals surface area contributed by atoms with E-state index in [1.165, 1.54) is 18.7 Å². The van der Waals surface area contributed by atoms with Gasteiger partial charge in [-0.25, -0.2) is 4.98 Å². The van der Waals surface area contributed by atoms with Crippen LogP contribution in [0.1, 0.15) is 6.92 Å². The number of nitrogens with zero attached hydrogens (tertiary/aromatic N) is 2. The maximum Gasteiger partial charge on any atom is 0.209 e. The Morgan fingerprint density at radius 2 is 1.95 bits per heavy atom. The van der Waals surface area contributed by atoms with Gasteiger partial charge < -0.3 is 9.47 Å². The summed E-state index contributed by atoms with van der Waals surface area (Å²) in [5, 5.41) is 7.44. The van der Waals surface area contributed by atoms with E-state index in [2.05, 4.69) is 15.2 Å². The van der Waals surface area contributed by atoms with Gasteiger partial charge in [-0.3, -0.25) is 9.89 Å². The van der Waals surface area contributed by atoms with Gasteiger partial charge in [-0.15, -0.1) is 5.10 Å². The summed E-state index contributed by atoms with van der Waals surface area (Å²) in [4.78, 5) is 15.3. The molecule has 0 saturated carbocycles. The first-order chi connectivity index (χ1) is 9.65. The van der Waals surface area contributed by atoms with E-state index in [4.69, 9.17) is 9.47 Å². The van der Waals surface area contributed by atoms with E-state index < -0.39 is 0 Å². The van der Waals surface area contributed by atoms with Gasteiger partial charge in [0.25, 0.3) is 0 Å². The number of carbonyl (C=O) groups excluding carboxylic acids is 1. The third kappa shape index (κ3) is 3.11. The van der Waals surface area contributed by atoms with Crippen molar-refractivity contribution in [3.8, 4) is 22.9 Å². The zero-order valence-corrected chi connectivity index (χ0v) is 12.3. The van der Waals surface area contributed by atoms with Gasteiger partial charge in [-0.2, -0.15) is 0 Å². The molecule has 0 radical (unpaired) electrons. The lowest BCUT2D eigenvalue weighted by molar-refractivity contribution is -0.114. The molecule has 0 amide bonds. The molecule has 2 rings (SSSR count). The summed E-state index contributed by atoms with van der Waals surface area (Å²) in [7, 11) is 3.17. The van der Waals surface area contributed by atoms with Crippen LogP contribution in [0, 0.1) is 0 Å². The van der Waals surface area contributed by atoms with E-state index in [-0.39, 0.29) is 5.78 Å². The summed E-state index contributed by atoms with van der Waals surface area (Å²) in [5.41, 5.74) is 0.708. The molecule has 1 aromatic heterocycles. The van der Waals surface area contributed by atoms with Crippen LogP contribution in [0.2, 0.25) is 0 Å². The summed E-state index contributed by atoms with van der Waals surface area (Å²) in [6.07, 6.45) is 0. The first-order valence-corrected chi connectivity index (χ1v) is 6.90. The summed E-state index contributed by atoms with van der Waals surface area (Å²) in [6, 6.07) is 5.48. The highest BCUT2D eigenvalue weighted by Gasteiger charge is 2.16. The molecule has 0 saturated heterocycles. The zero-order chi connectivity index (χ0) is 14.5. The van der Waals surface area contributed by atoms with Crippen molar-refractivity contribution in [3.05, 3.63) is 18.2 Å². The van der Waals surface area contributed by atoms with E-state index in [9.17, 15) is 4.79 Å². The van der Waals surface area contributed by atoms with E-state index in [0.717, 1.165) is 0 Å². The molecule has 1 heterocycles. The zero-order valence-electron chi connectivity index (χ0n) is 11.5. The molecule has 7 heteroatoms. The maximum absolute atomic E-state index is 11.0. The fourth-order valence-corrected chi connectivity index (χ4v) is 2.27. The molecule has 0 spiro atoms. The van der Waals surface area contributed by atoms with E-state index in [1.807, 2.05) is 18.2 Å². The number of carbonyl (C=O) groups is 1. The number of ketones is 1. The van der Waals surface area contributed by atoms with Gasteiger partial charge in [0.15, 0.2) is 5.82 Å². The average Bonchev–Trinajstić information content (AvgIpc) is 2.92. The Balaban J connectivity index is 2.34. The molecule has 1 N–H and O–H groups in total. The number of H-pyrrole nitrogens is 1. The van der Waals surface area contributed by atoms with Crippen molar-refractivity contribution < 1.29 is 14.3 Å². The summed E-state index contributed by atoms with van der Waals surface area (Å²) >= 11 is 1.29. The summed E-state index contributed by atoms with van der Waals surface area (Å²) < 4.78 is 10.6. The van der Waals surface area contributed by atoms with Gasteiger partial charge >= 0.3 is 0 Å². The molecule has 0 unspecified atom stereocenters. The van der Waals surface area contributed by atoms with Crippen LogP contribution in [-0.2, 0) is 4.79 Å². The second-order valence-electron chi connectivity index (χ2n) is 3.99. The highest BCUT2D eigenvalue weighted by atomic mass is 32.2.